The highest BCUT2D eigenvalue weighted by atomic mass is 16.6. The van der Waals surface area contributed by atoms with Crippen LogP contribution in [0.4, 0.5) is 4.79 Å². The number of amides is 1. The third-order valence-electron chi connectivity index (χ3n) is 1.76. The summed E-state index contributed by atoms with van der Waals surface area (Å²) in [6.07, 6.45) is -0.641. The van der Waals surface area contributed by atoms with E-state index in [-0.39, 0.29) is 12.2 Å². The Balaban J connectivity index is 4.39. The van der Waals surface area contributed by atoms with E-state index >= 15 is 0 Å². The van der Waals surface area contributed by atoms with Gasteiger partial charge in [-0.2, -0.15) is 5.06 Å². The average Bonchev–Trinajstić information content (AvgIpc) is 2.11. The topological polar surface area (TPSA) is 66.8 Å². The van der Waals surface area contributed by atoms with Gasteiger partial charge in [0.1, 0.15) is 11.6 Å². The first-order chi connectivity index (χ1) is 6.69. The molecule has 1 N–H and O–H groups in total. The number of nitrogens with zero attached hydrogens (tertiary/aromatic N) is 1. The molecule has 0 radical (unpaired) electrons. The molecule has 0 aliphatic heterocycles. The summed E-state index contributed by atoms with van der Waals surface area (Å²) in [7, 11) is 0. The second kappa shape index (κ2) is 5.11. The summed E-state index contributed by atoms with van der Waals surface area (Å²) in [5.74, 6) is -0.219. The first-order valence-electron chi connectivity index (χ1n) is 4.92. The van der Waals surface area contributed by atoms with E-state index in [2.05, 4.69) is 0 Å². The number of ether oxygens (including phenoxy) is 1. The summed E-state index contributed by atoms with van der Waals surface area (Å²) in [4.78, 5) is 22.5. The van der Waals surface area contributed by atoms with Gasteiger partial charge in [0, 0.05) is 6.42 Å². The van der Waals surface area contributed by atoms with Crippen molar-refractivity contribution >= 4 is 11.9 Å². The van der Waals surface area contributed by atoms with Crippen LogP contribution in [0.3, 0.4) is 0 Å². The van der Waals surface area contributed by atoms with Crippen LogP contribution >= 0.6 is 0 Å². The van der Waals surface area contributed by atoms with Gasteiger partial charge in [-0.15, -0.1) is 0 Å². The molecule has 0 aromatic rings. The highest BCUT2D eigenvalue weighted by Gasteiger charge is 2.27. The maximum absolute atomic E-state index is 11.3. The fourth-order valence-corrected chi connectivity index (χ4v) is 0.899. The molecule has 88 valence electrons. The molecule has 0 saturated heterocycles. The van der Waals surface area contributed by atoms with Crippen molar-refractivity contribution in [2.24, 2.45) is 0 Å². The van der Waals surface area contributed by atoms with Crippen molar-refractivity contribution in [2.75, 3.05) is 0 Å². The van der Waals surface area contributed by atoms with Crippen molar-refractivity contribution in [1.82, 2.24) is 5.06 Å². The smallest absolute Gasteiger partial charge is 0.434 e. The zero-order chi connectivity index (χ0) is 12.2. The summed E-state index contributed by atoms with van der Waals surface area (Å²) in [6, 6.07) is -0.871. The molecule has 0 aromatic carbocycles. The molecule has 0 aromatic heterocycles. The summed E-state index contributed by atoms with van der Waals surface area (Å²) in [5, 5.41) is 9.72. The van der Waals surface area contributed by atoms with E-state index in [0.717, 1.165) is 0 Å². The molecule has 0 bridgehead atoms. The molecule has 1 atom stereocenters. The first-order valence-corrected chi connectivity index (χ1v) is 4.92. The second-order valence-corrected chi connectivity index (χ2v) is 4.32. The number of hydroxylamine groups is 2. The van der Waals surface area contributed by atoms with Crippen LogP contribution in [0.1, 0.15) is 41.0 Å². The zero-order valence-corrected chi connectivity index (χ0v) is 9.90. The lowest BCUT2D eigenvalue weighted by molar-refractivity contribution is -0.145. The van der Waals surface area contributed by atoms with Crippen LogP contribution < -0.4 is 0 Å². The van der Waals surface area contributed by atoms with Crippen molar-refractivity contribution in [3.8, 4) is 0 Å². The van der Waals surface area contributed by atoms with E-state index in [1.165, 1.54) is 6.92 Å². The number of ketones is 1. The molecule has 0 heterocycles. The second-order valence-electron chi connectivity index (χ2n) is 4.32. The minimum Gasteiger partial charge on any atom is -0.442 e. The standard InChI is InChI=1S/C10H19NO4/c1-6-8(12)7(2)11(14)9(13)15-10(3,4)5/h7,14H,6H2,1-5H3. The largest absolute Gasteiger partial charge is 0.442 e. The number of rotatable bonds is 3. The molecule has 0 aliphatic carbocycles. The molecular formula is C10H19NO4. The number of hydrogen-bond acceptors (Lipinski definition) is 4. The fraction of sp³-hybridized carbons (Fsp3) is 0.800. The van der Waals surface area contributed by atoms with Gasteiger partial charge in [0.2, 0.25) is 0 Å². The van der Waals surface area contributed by atoms with Crippen molar-refractivity contribution in [3.63, 3.8) is 0 Å². The van der Waals surface area contributed by atoms with Crippen molar-refractivity contribution in [2.45, 2.75) is 52.7 Å². The molecule has 0 saturated carbocycles. The van der Waals surface area contributed by atoms with Crippen molar-refractivity contribution in [1.29, 1.82) is 0 Å². The van der Waals surface area contributed by atoms with Gasteiger partial charge in [0.25, 0.3) is 0 Å². The minimum atomic E-state index is -0.906. The maximum Gasteiger partial charge on any atom is 0.434 e. The lowest BCUT2D eigenvalue weighted by Crippen LogP contribution is -2.43. The van der Waals surface area contributed by atoms with Gasteiger partial charge in [-0.1, -0.05) is 6.92 Å². The Morgan fingerprint density at radius 3 is 2.20 bits per heavy atom. The zero-order valence-electron chi connectivity index (χ0n) is 9.90. The fourth-order valence-electron chi connectivity index (χ4n) is 0.899. The summed E-state index contributed by atoms with van der Waals surface area (Å²) in [6.45, 7) is 8.18. The normalized spacial score (nSPS) is 13.2. The van der Waals surface area contributed by atoms with Gasteiger partial charge in [-0.25, -0.2) is 4.79 Å². The maximum atomic E-state index is 11.3. The average molecular weight is 217 g/mol. The van der Waals surface area contributed by atoms with Gasteiger partial charge in [0.15, 0.2) is 5.78 Å². The molecule has 15 heavy (non-hydrogen) atoms. The number of hydrogen-bond donors (Lipinski definition) is 1. The predicted octanol–water partition coefficient (Wildman–Crippen LogP) is 1.98. The van der Waals surface area contributed by atoms with Crippen LogP contribution in [0.15, 0.2) is 0 Å². The van der Waals surface area contributed by atoms with Crippen LogP contribution in [0.2, 0.25) is 0 Å². The van der Waals surface area contributed by atoms with E-state index < -0.39 is 17.7 Å². The lowest BCUT2D eigenvalue weighted by Gasteiger charge is -2.26. The molecule has 0 fully saturated rings. The lowest BCUT2D eigenvalue weighted by atomic mass is 10.1. The summed E-state index contributed by atoms with van der Waals surface area (Å²) >= 11 is 0. The van der Waals surface area contributed by atoms with Crippen LogP contribution in [0.5, 0.6) is 0 Å². The van der Waals surface area contributed by atoms with Crippen LogP contribution in [0.25, 0.3) is 0 Å². The monoisotopic (exact) mass is 217 g/mol. The van der Waals surface area contributed by atoms with Gasteiger partial charge < -0.3 is 4.74 Å². The quantitative estimate of drug-likeness (QED) is 0.579. The Morgan fingerprint density at radius 1 is 1.40 bits per heavy atom. The first kappa shape index (κ1) is 13.9. The molecule has 5 nitrogen and oxygen atoms in total. The third kappa shape index (κ3) is 4.78. The van der Waals surface area contributed by atoms with Gasteiger partial charge in [-0.3, -0.25) is 10.0 Å². The molecule has 0 rings (SSSR count). The Kier molecular flexibility index (Phi) is 4.74. The molecular weight excluding hydrogens is 198 g/mol. The number of carbonyl (C=O) groups is 2. The minimum absolute atomic E-state index is 0.219. The Bertz CT molecular complexity index is 244. The molecule has 0 spiro atoms. The van der Waals surface area contributed by atoms with Gasteiger partial charge in [-0.05, 0) is 27.7 Å². The third-order valence-corrected chi connectivity index (χ3v) is 1.76. The number of Topliss-reactive ketones (excluding diaryl/α,β-unsaturated/α-hetero) is 1. The van der Waals surface area contributed by atoms with Crippen molar-refractivity contribution in [3.05, 3.63) is 0 Å². The van der Waals surface area contributed by atoms with Gasteiger partial charge in [0.05, 0.1) is 0 Å². The Hall–Kier alpha value is -1.10. The molecule has 5 heteroatoms. The van der Waals surface area contributed by atoms with Crippen LogP contribution in [-0.4, -0.2) is 33.8 Å². The summed E-state index contributed by atoms with van der Waals surface area (Å²) < 4.78 is 4.90. The van der Waals surface area contributed by atoms with E-state index in [4.69, 9.17) is 4.74 Å². The Labute approximate surface area is 90.0 Å². The Morgan fingerprint density at radius 2 is 1.87 bits per heavy atom. The molecule has 0 aliphatic rings. The SMILES string of the molecule is CCC(=O)C(C)N(O)C(=O)OC(C)(C)C. The number of carbonyl (C=O) groups excluding carboxylic acids is 2. The van der Waals surface area contributed by atoms with E-state index in [0.29, 0.717) is 5.06 Å². The van der Waals surface area contributed by atoms with E-state index in [1.54, 1.807) is 27.7 Å². The predicted molar refractivity (Wildman–Crippen MR) is 54.6 cm³/mol. The highest BCUT2D eigenvalue weighted by molar-refractivity contribution is 5.86. The van der Waals surface area contributed by atoms with Gasteiger partial charge >= 0.3 is 6.09 Å². The molecule has 1 unspecified atom stereocenters. The highest BCUT2D eigenvalue weighted by Crippen LogP contribution is 2.11. The van der Waals surface area contributed by atoms with E-state index in [9.17, 15) is 14.8 Å². The van der Waals surface area contributed by atoms with E-state index in [1.807, 2.05) is 0 Å². The molecule has 1 amide bonds. The summed E-state index contributed by atoms with van der Waals surface area (Å²) in [5.41, 5.74) is -0.687. The van der Waals surface area contributed by atoms with Crippen LogP contribution in [-0.2, 0) is 9.53 Å². The van der Waals surface area contributed by atoms with Crippen molar-refractivity contribution < 1.29 is 19.5 Å². The van der Waals surface area contributed by atoms with Crippen LogP contribution in [0, 0.1) is 0 Å².